The molecule has 5 nitrogen and oxygen atoms in total. The molecule has 0 saturated carbocycles. The highest BCUT2D eigenvalue weighted by Gasteiger charge is 2.28. The van der Waals surface area contributed by atoms with Crippen LogP contribution in [0.3, 0.4) is 0 Å². The number of rotatable bonds is 7. The van der Waals surface area contributed by atoms with Crippen LogP contribution in [-0.2, 0) is 24.2 Å². The maximum absolute atomic E-state index is 12.9. The zero-order valence-electron chi connectivity index (χ0n) is 20.3. The summed E-state index contributed by atoms with van der Waals surface area (Å²) in [5, 5.41) is 1.32. The molecule has 0 N–H and O–H groups in total. The minimum atomic E-state index is -0.312. The number of fused-ring (bicyclic) bond motifs is 1. The molecule has 2 aromatic heterocycles. The van der Waals surface area contributed by atoms with Gasteiger partial charge in [0.05, 0.1) is 18.4 Å². The lowest BCUT2D eigenvalue weighted by atomic mass is 10.0. The highest BCUT2D eigenvalue weighted by atomic mass is 35.5. The van der Waals surface area contributed by atoms with Crippen LogP contribution in [0.15, 0.2) is 70.1 Å². The number of hydrogen-bond acceptors (Lipinski definition) is 6. The van der Waals surface area contributed by atoms with E-state index in [4.69, 9.17) is 25.7 Å². The Labute approximate surface area is 220 Å². The maximum Gasteiger partial charge on any atom is 0.341 e. The van der Waals surface area contributed by atoms with Crippen LogP contribution in [0.25, 0.3) is 11.3 Å². The molecule has 3 heterocycles. The molecular formula is C29H27ClN2O3S. The van der Waals surface area contributed by atoms with Crippen LogP contribution in [0.5, 0.6) is 0 Å². The molecule has 36 heavy (non-hydrogen) atoms. The first kappa shape index (κ1) is 24.5. The van der Waals surface area contributed by atoms with Crippen molar-refractivity contribution in [2.45, 2.75) is 33.4 Å². The van der Waals surface area contributed by atoms with E-state index in [2.05, 4.69) is 29.2 Å². The number of halogens is 1. The summed E-state index contributed by atoms with van der Waals surface area (Å²) in [5.74, 6) is 1.02. The normalized spacial score (nSPS) is 13.8. The molecule has 4 aromatic rings. The summed E-state index contributed by atoms with van der Waals surface area (Å²) in [5.41, 5.74) is 4.95. The predicted molar refractivity (Wildman–Crippen MR) is 146 cm³/mol. The van der Waals surface area contributed by atoms with Crippen molar-refractivity contribution >= 4 is 40.1 Å². The number of carbonyl (C=O) groups excluding carboxylic acids is 1. The quantitative estimate of drug-likeness (QED) is 0.188. The van der Waals surface area contributed by atoms with E-state index in [-0.39, 0.29) is 5.97 Å². The lowest BCUT2D eigenvalue weighted by Gasteiger charge is -2.27. The Morgan fingerprint density at radius 2 is 2.03 bits per heavy atom. The van der Waals surface area contributed by atoms with Gasteiger partial charge in [0.1, 0.15) is 16.5 Å². The van der Waals surface area contributed by atoms with Crippen LogP contribution in [0.1, 0.15) is 44.6 Å². The monoisotopic (exact) mass is 518 g/mol. The number of nitrogens with zero attached hydrogens (tertiary/aromatic N) is 2. The van der Waals surface area contributed by atoms with E-state index in [0.29, 0.717) is 28.0 Å². The van der Waals surface area contributed by atoms with E-state index in [1.54, 1.807) is 17.6 Å². The molecule has 0 atom stereocenters. The Bertz CT molecular complexity index is 1410. The molecule has 0 bridgehead atoms. The van der Waals surface area contributed by atoms with E-state index in [1.165, 1.54) is 10.4 Å². The lowest BCUT2D eigenvalue weighted by Crippen LogP contribution is -2.29. The first-order chi connectivity index (χ1) is 17.5. The van der Waals surface area contributed by atoms with E-state index >= 15 is 0 Å². The van der Waals surface area contributed by atoms with Crippen LogP contribution >= 0.6 is 22.9 Å². The van der Waals surface area contributed by atoms with Gasteiger partial charge in [-0.1, -0.05) is 48.0 Å². The Kier molecular flexibility index (Phi) is 7.37. The third-order valence-electron chi connectivity index (χ3n) is 6.25. The SMILES string of the molecule is CCOC(=O)c1c(N=Cc2ccc(-c3cc(Cl)ccc3C)o2)sc2c1CCN(Cc1ccccc1)C2. The molecule has 5 rings (SSSR count). The summed E-state index contributed by atoms with van der Waals surface area (Å²) in [7, 11) is 0. The van der Waals surface area contributed by atoms with Crippen LogP contribution in [0.4, 0.5) is 5.00 Å². The average molecular weight is 519 g/mol. The zero-order chi connectivity index (χ0) is 25.1. The zero-order valence-corrected chi connectivity index (χ0v) is 21.9. The highest BCUT2D eigenvalue weighted by molar-refractivity contribution is 7.16. The number of aliphatic imine (C=N–C) groups is 1. The second-order valence-corrected chi connectivity index (χ2v) is 10.3. The third kappa shape index (κ3) is 5.31. The van der Waals surface area contributed by atoms with Crippen LogP contribution in [0, 0.1) is 6.92 Å². The minimum absolute atomic E-state index is 0.312. The third-order valence-corrected chi connectivity index (χ3v) is 7.61. The fourth-order valence-corrected chi connectivity index (χ4v) is 5.87. The van der Waals surface area contributed by atoms with Gasteiger partial charge >= 0.3 is 5.97 Å². The first-order valence-corrected chi connectivity index (χ1v) is 13.2. The molecular weight excluding hydrogens is 492 g/mol. The number of benzene rings is 2. The van der Waals surface area contributed by atoms with Crippen LogP contribution < -0.4 is 0 Å². The fraction of sp³-hybridized carbons (Fsp3) is 0.241. The summed E-state index contributed by atoms with van der Waals surface area (Å²) < 4.78 is 11.4. The van der Waals surface area contributed by atoms with E-state index < -0.39 is 0 Å². The van der Waals surface area contributed by atoms with Crippen molar-refractivity contribution < 1.29 is 13.9 Å². The van der Waals surface area contributed by atoms with E-state index in [9.17, 15) is 4.79 Å². The lowest BCUT2D eigenvalue weighted by molar-refractivity contribution is 0.0526. The summed E-state index contributed by atoms with van der Waals surface area (Å²) in [4.78, 5) is 21.2. The molecule has 0 aliphatic carbocycles. The molecule has 2 aromatic carbocycles. The van der Waals surface area contributed by atoms with E-state index in [1.807, 2.05) is 50.2 Å². The van der Waals surface area contributed by atoms with Gasteiger partial charge in [-0.15, -0.1) is 11.3 Å². The van der Waals surface area contributed by atoms with Crippen molar-refractivity contribution in [1.29, 1.82) is 0 Å². The summed E-state index contributed by atoms with van der Waals surface area (Å²) in [6.07, 6.45) is 2.46. The number of thiophene rings is 1. The molecule has 0 radical (unpaired) electrons. The molecule has 0 amide bonds. The number of esters is 1. The maximum atomic E-state index is 12.9. The van der Waals surface area contributed by atoms with Crippen molar-refractivity contribution in [3.8, 4) is 11.3 Å². The molecule has 1 aliphatic rings. The largest absolute Gasteiger partial charge is 0.462 e. The van der Waals surface area contributed by atoms with Crippen molar-refractivity contribution in [1.82, 2.24) is 4.90 Å². The molecule has 0 fully saturated rings. The number of furan rings is 1. The number of hydrogen-bond donors (Lipinski definition) is 0. The number of carbonyl (C=O) groups is 1. The van der Waals surface area contributed by atoms with Gasteiger partial charge in [-0.2, -0.15) is 0 Å². The number of ether oxygens (including phenoxy) is 1. The molecule has 0 unspecified atom stereocenters. The van der Waals surface area contributed by atoms with Gasteiger partial charge < -0.3 is 9.15 Å². The Balaban J connectivity index is 1.41. The van der Waals surface area contributed by atoms with Gasteiger partial charge in [0.2, 0.25) is 0 Å². The standard InChI is InChI=1S/C29H27ClN2O3S/c1-3-34-29(33)27-23-13-14-32(17-20-7-5-4-6-8-20)18-26(23)36-28(27)31-16-22-11-12-25(35-22)24-15-21(30)10-9-19(24)2/h4-12,15-16H,3,13-14,17-18H2,1-2H3. The second-order valence-electron chi connectivity index (χ2n) is 8.77. The van der Waals surface area contributed by atoms with Gasteiger partial charge in [-0.25, -0.2) is 9.79 Å². The van der Waals surface area contributed by atoms with Crippen molar-refractivity contribution in [3.05, 3.63) is 98.6 Å². The molecule has 1 aliphatic heterocycles. The number of aryl methyl sites for hydroxylation is 1. The van der Waals surface area contributed by atoms with Gasteiger partial charge in [0, 0.05) is 35.1 Å². The molecule has 184 valence electrons. The summed E-state index contributed by atoms with van der Waals surface area (Å²) in [6.45, 7) is 6.72. The molecule has 0 saturated heterocycles. The van der Waals surface area contributed by atoms with Gasteiger partial charge in [0.25, 0.3) is 0 Å². The van der Waals surface area contributed by atoms with Crippen LogP contribution in [-0.4, -0.2) is 30.2 Å². The molecule has 0 spiro atoms. The predicted octanol–water partition coefficient (Wildman–Crippen LogP) is 7.46. The van der Waals surface area contributed by atoms with Gasteiger partial charge in [-0.3, -0.25) is 4.90 Å². The molecule has 7 heteroatoms. The van der Waals surface area contributed by atoms with Crippen LogP contribution in [0.2, 0.25) is 5.02 Å². The van der Waals surface area contributed by atoms with Crippen molar-refractivity contribution in [2.75, 3.05) is 13.2 Å². The topological polar surface area (TPSA) is 55.0 Å². The minimum Gasteiger partial charge on any atom is -0.462 e. The van der Waals surface area contributed by atoms with E-state index in [0.717, 1.165) is 48.5 Å². The average Bonchev–Trinajstić information content (AvgIpc) is 3.49. The Hall–Kier alpha value is -3.19. The van der Waals surface area contributed by atoms with Crippen molar-refractivity contribution in [3.63, 3.8) is 0 Å². The Morgan fingerprint density at radius 1 is 1.19 bits per heavy atom. The van der Waals surface area contributed by atoms with Gasteiger partial charge in [0.15, 0.2) is 0 Å². The van der Waals surface area contributed by atoms with Gasteiger partial charge in [-0.05, 0) is 61.2 Å². The summed E-state index contributed by atoms with van der Waals surface area (Å²) >= 11 is 7.74. The fourth-order valence-electron chi connectivity index (χ4n) is 4.47. The smallest absolute Gasteiger partial charge is 0.341 e. The Morgan fingerprint density at radius 3 is 2.83 bits per heavy atom. The second kappa shape index (κ2) is 10.8. The highest BCUT2D eigenvalue weighted by Crippen LogP contribution is 2.40. The first-order valence-electron chi connectivity index (χ1n) is 12.0. The summed E-state index contributed by atoms with van der Waals surface area (Å²) in [6, 6.07) is 20.0. The van der Waals surface area contributed by atoms with Crippen molar-refractivity contribution in [2.24, 2.45) is 4.99 Å².